The quantitative estimate of drug-likeness (QED) is 0.832. The first-order valence-corrected chi connectivity index (χ1v) is 5.89. The average molecular weight is 254 g/mol. The van der Waals surface area contributed by atoms with Crippen molar-refractivity contribution in [3.63, 3.8) is 0 Å². The van der Waals surface area contributed by atoms with Crippen LogP contribution in [0, 0.1) is 12.7 Å². The van der Waals surface area contributed by atoms with Crippen LogP contribution in [0.5, 0.6) is 0 Å². The second-order valence-electron chi connectivity index (χ2n) is 4.20. The number of aliphatic hydroxyl groups is 1. The van der Waals surface area contributed by atoms with Crippen molar-refractivity contribution in [3.05, 3.63) is 35.1 Å². The second-order valence-corrected chi connectivity index (χ2v) is 4.20. The molecule has 2 amide bonds. The van der Waals surface area contributed by atoms with Crippen LogP contribution in [-0.4, -0.2) is 42.8 Å². The van der Waals surface area contributed by atoms with Crippen LogP contribution >= 0.6 is 0 Å². The van der Waals surface area contributed by atoms with Gasteiger partial charge in [0.15, 0.2) is 0 Å². The average Bonchev–Trinajstić information content (AvgIpc) is 2.32. The number of carbonyl (C=O) groups is 1. The lowest BCUT2D eigenvalue weighted by atomic mass is 10.1. The van der Waals surface area contributed by atoms with Gasteiger partial charge >= 0.3 is 6.03 Å². The van der Waals surface area contributed by atoms with E-state index in [2.05, 4.69) is 5.32 Å². The number of halogens is 1. The van der Waals surface area contributed by atoms with E-state index in [1.165, 1.54) is 17.0 Å². The molecule has 0 bridgehead atoms. The molecule has 0 aliphatic carbocycles. The lowest BCUT2D eigenvalue weighted by molar-refractivity contribution is 0.190. The number of aryl methyl sites for hydroxylation is 1. The smallest absolute Gasteiger partial charge is 0.317 e. The van der Waals surface area contributed by atoms with E-state index in [0.29, 0.717) is 19.5 Å². The van der Waals surface area contributed by atoms with Gasteiger partial charge in [-0.1, -0.05) is 6.07 Å². The van der Waals surface area contributed by atoms with Gasteiger partial charge in [-0.2, -0.15) is 0 Å². The highest BCUT2D eigenvalue weighted by Crippen LogP contribution is 2.10. The van der Waals surface area contributed by atoms with Crippen molar-refractivity contribution in [2.24, 2.45) is 0 Å². The van der Waals surface area contributed by atoms with E-state index in [1.54, 1.807) is 13.1 Å². The molecule has 5 heteroatoms. The summed E-state index contributed by atoms with van der Waals surface area (Å²) in [6.07, 6.45) is 0.658. The molecule has 0 aliphatic heterocycles. The minimum Gasteiger partial charge on any atom is -0.395 e. The Morgan fingerprint density at radius 3 is 2.83 bits per heavy atom. The molecule has 1 aromatic carbocycles. The predicted octanol–water partition coefficient (Wildman–Crippen LogP) is 1.31. The van der Waals surface area contributed by atoms with Gasteiger partial charge in [-0.15, -0.1) is 0 Å². The van der Waals surface area contributed by atoms with E-state index in [4.69, 9.17) is 5.11 Å². The van der Waals surface area contributed by atoms with Gasteiger partial charge in [0.05, 0.1) is 6.61 Å². The molecular weight excluding hydrogens is 235 g/mol. The summed E-state index contributed by atoms with van der Waals surface area (Å²) < 4.78 is 12.9. The van der Waals surface area contributed by atoms with Gasteiger partial charge in [-0.25, -0.2) is 9.18 Å². The molecule has 0 unspecified atom stereocenters. The normalized spacial score (nSPS) is 10.2. The number of nitrogens with one attached hydrogen (secondary N) is 1. The summed E-state index contributed by atoms with van der Waals surface area (Å²) >= 11 is 0. The highest BCUT2D eigenvalue weighted by atomic mass is 19.1. The minimum absolute atomic E-state index is 0.0546. The Morgan fingerprint density at radius 1 is 1.50 bits per heavy atom. The highest BCUT2D eigenvalue weighted by molar-refractivity contribution is 5.73. The highest BCUT2D eigenvalue weighted by Gasteiger charge is 2.07. The third-order valence-corrected chi connectivity index (χ3v) is 2.76. The number of nitrogens with zero attached hydrogens (tertiary/aromatic N) is 1. The zero-order valence-electron chi connectivity index (χ0n) is 10.7. The molecule has 0 heterocycles. The lowest BCUT2D eigenvalue weighted by Crippen LogP contribution is -2.39. The monoisotopic (exact) mass is 254 g/mol. The molecule has 18 heavy (non-hydrogen) atoms. The van der Waals surface area contributed by atoms with Gasteiger partial charge in [0, 0.05) is 20.1 Å². The molecule has 100 valence electrons. The number of amides is 2. The molecule has 0 radical (unpaired) electrons. The SMILES string of the molecule is Cc1cc(F)ccc1CCNC(=O)N(C)CCO. The van der Waals surface area contributed by atoms with E-state index >= 15 is 0 Å². The molecule has 0 saturated heterocycles. The molecule has 0 saturated carbocycles. The molecular formula is C13H19FN2O2. The maximum atomic E-state index is 12.9. The second kappa shape index (κ2) is 6.96. The molecule has 2 N–H and O–H groups in total. The Bertz CT molecular complexity index is 410. The number of urea groups is 1. The number of rotatable bonds is 5. The summed E-state index contributed by atoms with van der Waals surface area (Å²) in [7, 11) is 1.62. The fourth-order valence-corrected chi connectivity index (χ4v) is 1.63. The van der Waals surface area contributed by atoms with E-state index in [1.807, 2.05) is 6.92 Å². The fraction of sp³-hybridized carbons (Fsp3) is 0.462. The number of benzene rings is 1. The van der Waals surface area contributed by atoms with Crippen molar-refractivity contribution in [2.75, 3.05) is 26.7 Å². The minimum atomic E-state index is -0.247. The van der Waals surface area contributed by atoms with Gasteiger partial charge in [0.2, 0.25) is 0 Å². The van der Waals surface area contributed by atoms with Gasteiger partial charge in [0.25, 0.3) is 0 Å². The summed E-state index contributed by atoms with van der Waals surface area (Å²) in [4.78, 5) is 12.9. The van der Waals surface area contributed by atoms with Crippen LogP contribution in [0.2, 0.25) is 0 Å². The molecule has 0 spiro atoms. The van der Waals surface area contributed by atoms with Crippen molar-refractivity contribution >= 4 is 6.03 Å². The third kappa shape index (κ3) is 4.33. The zero-order chi connectivity index (χ0) is 13.5. The number of likely N-dealkylation sites (N-methyl/N-ethyl adjacent to an activating group) is 1. The first-order valence-electron chi connectivity index (χ1n) is 5.89. The number of aliphatic hydroxyl groups excluding tert-OH is 1. The molecule has 0 aromatic heterocycles. The van der Waals surface area contributed by atoms with Crippen LogP contribution in [0.1, 0.15) is 11.1 Å². The summed E-state index contributed by atoms with van der Waals surface area (Å²) in [6, 6.07) is 4.41. The topological polar surface area (TPSA) is 52.6 Å². The maximum Gasteiger partial charge on any atom is 0.317 e. The van der Waals surface area contributed by atoms with Crippen molar-refractivity contribution < 1.29 is 14.3 Å². The van der Waals surface area contributed by atoms with Gasteiger partial charge in [0.1, 0.15) is 5.82 Å². The standard InChI is InChI=1S/C13H19FN2O2/c1-10-9-12(14)4-3-11(10)5-6-15-13(18)16(2)7-8-17/h3-4,9,17H,5-8H2,1-2H3,(H,15,18). The number of hydrogen-bond donors (Lipinski definition) is 2. The Morgan fingerprint density at radius 2 is 2.22 bits per heavy atom. The Balaban J connectivity index is 2.39. The van der Waals surface area contributed by atoms with Crippen molar-refractivity contribution in [2.45, 2.75) is 13.3 Å². The number of carbonyl (C=O) groups excluding carboxylic acids is 1. The van der Waals surface area contributed by atoms with E-state index < -0.39 is 0 Å². The molecule has 0 aliphatic rings. The Labute approximate surface area is 106 Å². The van der Waals surface area contributed by atoms with Gasteiger partial charge < -0.3 is 15.3 Å². The Hall–Kier alpha value is -1.62. The summed E-state index contributed by atoms with van der Waals surface area (Å²) in [5, 5.41) is 11.4. The first-order chi connectivity index (χ1) is 8.54. The molecule has 0 fully saturated rings. The van der Waals surface area contributed by atoms with Crippen LogP contribution in [0.3, 0.4) is 0 Å². The van der Waals surface area contributed by atoms with Crippen molar-refractivity contribution in [1.82, 2.24) is 10.2 Å². The first kappa shape index (κ1) is 14.4. The van der Waals surface area contributed by atoms with E-state index in [-0.39, 0.29) is 18.5 Å². The van der Waals surface area contributed by atoms with Crippen LogP contribution in [0.15, 0.2) is 18.2 Å². The lowest BCUT2D eigenvalue weighted by Gasteiger charge is -2.16. The van der Waals surface area contributed by atoms with Crippen LogP contribution < -0.4 is 5.32 Å². The molecule has 0 atom stereocenters. The van der Waals surface area contributed by atoms with Gasteiger partial charge in [-0.3, -0.25) is 0 Å². The predicted molar refractivity (Wildman–Crippen MR) is 68.0 cm³/mol. The van der Waals surface area contributed by atoms with Crippen LogP contribution in [0.25, 0.3) is 0 Å². The fourth-order valence-electron chi connectivity index (χ4n) is 1.63. The largest absolute Gasteiger partial charge is 0.395 e. The van der Waals surface area contributed by atoms with E-state index in [0.717, 1.165) is 11.1 Å². The van der Waals surface area contributed by atoms with Gasteiger partial charge in [-0.05, 0) is 36.6 Å². The Kier molecular flexibility index (Phi) is 5.58. The van der Waals surface area contributed by atoms with Crippen molar-refractivity contribution in [1.29, 1.82) is 0 Å². The molecule has 4 nitrogen and oxygen atoms in total. The summed E-state index contributed by atoms with van der Waals surface area (Å²) in [6.45, 7) is 2.58. The summed E-state index contributed by atoms with van der Waals surface area (Å²) in [5.41, 5.74) is 1.90. The third-order valence-electron chi connectivity index (χ3n) is 2.76. The van der Waals surface area contributed by atoms with Crippen molar-refractivity contribution in [3.8, 4) is 0 Å². The molecule has 1 rings (SSSR count). The van der Waals surface area contributed by atoms with Crippen LogP contribution in [0.4, 0.5) is 9.18 Å². The zero-order valence-corrected chi connectivity index (χ0v) is 10.7. The van der Waals surface area contributed by atoms with Crippen LogP contribution in [-0.2, 0) is 6.42 Å². The van der Waals surface area contributed by atoms with E-state index in [9.17, 15) is 9.18 Å². The summed E-state index contributed by atoms with van der Waals surface area (Å²) in [5.74, 6) is -0.247. The number of hydrogen-bond acceptors (Lipinski definition) is 2. The maximum absolute atomic E-state index is 12.9. The molecule has 1 aromatic rings.